The molecular formula is C7H9N3O3. The average molecular weight is 183 g/mol. The molecule has 0 aromatic carbocycles. The van der Waals surface area contributed by atoms with E-state index < -0.39 is 4.92 Å². The van der Waals surface area contributed by atoms with Crippen LogP contribution < -0.4 is 0 Å². The van der Waals surface area contributed by atoms with Crippen molar-refractivity contribution in [3.8, 4) is 0 Å². The minimum atomic E-state index is -0.535. The number of aromatic nitrogens is 2. The SMILES string of the molecule is Cc1cn(CCC=O)nc1[N+](=O)[O-]. The topological polar surface area (TPSA) is 78.0 Å². The number of hydrogen-bond donors (Lipinski definition) is 0. The van der Waals surface area contributed by atoms with Gasteiger partial charge in [-0.15, -0.1) is 0 Å². The fraction of sp³-hybridized carbons (Fsp3) is 0.429. The molecule has 0 unspecified atom stereocenters. The minimum Gasteiger partial charge on any atom is -0.358 e. The van der Waals surface area contributed by atoms with Crippen LogP contribution in [0.5, 0.6) is 0 Å². The Labute approximate surface area is 74.3 Å². The normalized spacial score (nSPS) is 9.92. The lowest BCUT2D eigenvalue weighted by molar-refractivity contribution is -0.390. The van der Waals surface area contributed by atoms with Crippen molar-refractivity contribution < 1.29 is 9.72 Å². The summed E-state index contributed by atoms with van der Waals surface area (Å²) in [6.45, 7) is 2.00. The summed E-state index contributed by atoms with van der Waals surface area (Å²) in [6.07, 6.45) is 2.63. The number of aldehydes is 1. The van der Waals surface area contributed by atoms with Gasteiger partial charge in [-0.25, -0.2) is 0 Å². The van der Waals surface area contributed by atoms with Crippen molar-refractivity contribution in [3.63, 3.8) is 0 Å². The monoisotopic (exact) mass is 183 g/mol. The summed E-state index contributed by atoms with van der Waals surface area (Å²) in [7, 11) is 0. The summed E-state index contributed by atoms with van der Waals surface area (Å²) in [6, 6.07) is 0. The maximum absolute atomic E-state index is 10.4. The second kappa shape index (κ2) is 3.79. The third kappa shape index (κ3) is 2.11. The molecule has 70 valence electrons. The molecule has 1 rings (SSSR count). The summed E-state index contributed by atoms with van der Waals surface area (Å²) in [4.78, 5) is 19.9. The van der Waals surface area contributed by atoms with Gasteiger partial charge in [-0.1, -0.05) is 0 Å². The summed E-state index contributed by atoms with van der Waals surface area (Å²) in [5, 5.41) is 14.1. The molecule has 0 amide bonds. The molecule has 6 nitrogen and oxygen atoms in total. The Morgan fingerprint density at radius 1 is 1.77 bits per heavy atom. The van der Waals surface area contributed by atoms with E-state index in [1.807, 2.05) is 0 Å². The van der Waals surface area contributed by atoms with E-state index in [4.69, 9.17) is 0 Å². The third-order valence-electron chi connectivity index (χ3n) is 1.57. The van der Waals surface area contributed by atoms with Gasteiger partial charge in [-0.05, 0) is 11.8 Å². The van der Waals surface area contributed by atoms with Gasteiger partial charge in [0.15, 0.2) is 0 Å². The molecule has 0 aliphatic rings. The van der Waals surface area contributed by atoms with E-state index in [-0.39, 0.29) is 5.82 Å². The van der Waals surface area contributed by atoms with Gasteiger partial charge in [0, 0.05) is 6.42 Å². The van der Waals surface area contributed by atoms with Crippen LogP contribution in [0.1, 0.15) is 12.0 Å². The van der Waals surface area contributed by atoms with Crippen molar-refractivity contribution in [3.05, 3.63) is 21.9 Å². The van der Waals surface area contributed by atoms with Gasteiger partial charge in [0.2, 0.25) is 0 Å². The number of hydrogen-bond acceptors (Lipinski definition) is 4. The van der Waals surface area contributed by atoms with Gasteiger partial charge in [-0.2, -0.15) is 4.68 Å². The lowest BCUT2D eigenvalue weighted by Crippen LogP contribution is -1.99. The van der Waals surface area contributed by atoms with Crippen LogP contribution in [0.4, 0.5) is 5.82 Å². The lowest BCUT2D eigenvalue weighted by Gasteiger charge is -1.87. The largest absolute Gasteiger partial charge is 0.392 e. The number of carbonyl (C=O) groups excluding carboxylic acids is 1. The van der Waals surface area contributed by atoms with Gasteiger partial charge in [0.25, 0.3) is 0 Å². The molecule has 13 heavy (non-hydrogen) atoms. The van der Waals surface area contributed by atoms with Crippen LogP contribution in [0.3, 0.4) is 0 Å². The van der Waals surface area contributed by atoms with Gasteiger partial charge in [0.1, 0.15) is 6.29 Å². The highest BCUT2D eigenvalue weighted by Crippen LogP contribution is 2.13. The van der Waals surface area contributed by atoms with E-state index in [0.717, 1.165) is 6.29 Å². The number of nitro groups is 1. The molecule has 0 spiro atoms. The molecule has 6 heteroatoms. The van der Waals surface area contributed by atoms with E-state index in [1.165, 1.54) is 4.68 Å². The van der Waals surface area contributed by atoms with Crippen LogP contribution in [0.15, 0.2) is 6.20 Å². The van der Waals surface area contributed by atoms with Crippen molar-refractivity contribution >= 4 is 12.1 Å². The molecule has 0 atom stereocenters. The lowest BCUT2D eigenvalue weighted by atomic mass is 10.4. The summed E-state index contributed by atoms with van der Waals surface area (Å²) < 4.78 is 1.40. The summed E-state index contributed by atoms with van der Waals surface area (Å²) in [5.74, 6) is -0.147. The first-order valence-electron chi connectivity index (χ1n) is 3.77. The molecule has 0 fully saturated rings. The van der Waals surface area contributed by atoms with Crippen molar-refractivity contribution in [2.75, 3.05) is 0 Å². The van der Waals surface area contributed by atoms with Crippen LogP contribution in [0.25, 0.3) is 0 Å². The average Bonchev–Trinajstić information content (AvgIpc) is 2.43. The van der Waals surface area contributed by atoms with E-state index in [1.54, 1.807) is 13.1 Å². The molecule has 1 heterocycles. The first kappa shape index (κ1) is 9.37. The van der Waals surface area contributed by atoms with Crippen LogP contribution in [0, 0.1) is 17.0 Å². The van der Waals surface area contributed by atoms with Crippen molar-refractivity contribution in [2.45, 2.75) is 19.9 Å². The second-order valence-electron chi connectivity index (χ2n) is 2.61. The molecule has 0 N–H and O–H groups in total. The predicted molar refractivity (Wildman–Crippen MR) is 44.3 cm³/mol. The van der Waals surface area contributed by atoms with Gasteiger partial charge < -0.3 is 14.9 Å². The van der Waals surface area contributed by atoms with Gasteiger partial charge >= 0.3 is 5.82 Å². The van der Waals surface area contributed by atoms with Crippen LogP contribution in [0.2, 0.25) is 0 Å². The molecule has 0 aliphatic heterocycles. The number of aryl methyl sites for hydroxylation is 2. The van der Waals surface area contributed by atoms with Crippen molar-refractivity contribution in [1.29, 1.82) is 0 Å². The van der Waals surface area contributed by atoms with Crippen LogP contribution >= 0.6 is 0 Å². The van der Waals surface area contributed by atoms with Gasteiger partial charge in [-0.3, -0.25) is 0 Å². The van der Waals surface area contributed by atoms with E-state index in [2.05, 4.69) is 5.10 Å². The summed E-state index contributed by atoms with van der Waals surface area (Å²) in [5.41, 5.74) is 0.510. The number of rotatable bonds is 4. The Hall–Kier alpha value is -1.72. The maximum Gasteiger partial charge on any atom is 0.392 e. The Balaban J connectivity index is 2.82. The van der Waals surface area contributed by atoms with E-state index in [9.17, 15) is 14.9 Å². The quantitative estimate of drug-likeness (QED) is 0.391. The first-order valence-corrected chi connectivity index (χ1v) is 3.77. The van der Waals surface area contributed by atoms with Crippen molar-refractivity contribution in [1.82, 2.24) is 9.78 Å². The van der Waals surface area contributed by atoms with Crippen LogP contribution in [-0.2, 0) is 11.3 Å². The summed E-state index contributed by atoms with van der Waals surface area (Å²) >= 11 is 0. The van der Waals surface area contributed by atoms with Crippen molar-refractivity contribution in [2.24, 2.45) is 0 Å². The Kier molecular flexibility index (Phi) is 2.73. The maximum atomic E-state index is 10.4. The molecule has 0 radical (unpaired) electrons. The molecule has 1 aromatic rings. The predicted octanol–water partition coefficient (Wildman–Crippen LogP) is 0.689. The highest BCUT2D eigenvalue weighted by molar-refractivity contribution is 5.49. The number of nitrogens with zero attached hydrogens (tertiary/aromatic N) is 3. The molecule has 0 aliphatic carbocycles. The zero-order valence-corrected chi connectivity index (χ0v) is 7.14. The minimum absolute atomic E-state index is 0.147. The fourth-order valence-electron chi connectivity index (χ4n) is 0.991. The Bertz CT molecular complexity index is 332. The number of carbonyl (C=O) groups is 1. The zero-order chi connectivity index (χ0) is 9.84. The Morgan fingerprint density at radius 2 is 2.46 bits per heavy atom. The second-order valence-corrected chi connectivity index (χ2v) is 2.61. The molecule has 0 bridgehead atoms. The van der Waals surface area contributed by atoms with Gasteiger partial charge in [0.05, 0.1) is 23.4 Å². The molecule has 1 aromatic heterocycles. The van der Waals surface area contributed by atoms with E-state index >= 15 is 0 Å². The highest BCUT2D eigenvalue weighted by Gasteiger charge is 2.16. The first-order chi connectivity index (χ1) is 6.15. The third-order valence-corrected chi connectivity index (χ3v) is 1.57. The zero-order valence-electron chi connectivity index (χ0n) is 7.14. The molecular weight excluding hydrogens is 174 g/mol. The standard InChI is InChI=1S/C7H9N3O3/c1-6-5-9(3-2-4-11)8-7(6)10(12)13/h4-5H,2-3H2,1H3. The molecule has 0 saturated carbocycles. The molecule has 0 saturated heterocycles. The Morgan fingerprint density at radius 3 is 2.92 bits per heavy atom. The smallest absolute Gasteiger partial charge is 0.358 e. The fourth-order valence-corrected chi connectivity index (χ4v) is 0.991. The highest BCUT2D eigenvalue weighted by atomic mass is 16.6. The van der Waals surface area contributed by atoms with Crippen LogP contribution in [-0.4, -0.2) is 21.0 Å². The van der Waals surface area contributed by atoms with E-state index in [0.29, 0.717) is 18.5 Å².